The van der Waals surface area contributed by atoms with Crippen molar-refractivity contribution in [3.05, 3.63) is 89.1 Å². The summed E-state index contributed by atoms with van der Waals surface area (Å²) in [6.45, 7) is 2.70. The van der Waals surface area contributed by atoms with Gasteiger partial charge in [0.15, 0.2) is 0 Å². The summed E-state index contributed by atoms with van der Waals surface area (Å²) in [7, 11) is 0. The van der Waals surface area contributed by atoms with Gasteiger partial charge in [-0.05, 0) is 18.6 Å². The van der Waals surface area contributed by atoms with Gasteiger partial charge in [-0.15, -0.1) is 0 Å². The molecule has 0 aliphatic carbocycles. The standard InChI is InChI=1S/C20H19FN4O/c1-14-6-8-15(9-7-14)11-23-20(26)18-10-19(25-13-24-18)22-12-16-4-2-3-5-17(16)21/h2-10,13H,11-12H2,1H3,(H,23,26)(H,22,24,25). The summed E-state index contributed by atoms with van der Waals surface area (Å²) in [4.78, 5) is 20.3. The van der Waals surface area contributed by atoms with E-state index in [1.165, 1.54) is 18.0 Å². The van der Waals surface area contributed by atoms with Crippen molar-refractivity contribution in [2.75, 3.05) is 5.32 Å². The Morgan fingerprint density at radius 2 is 1.81 bits per heavy atom. The summed E-state index contributed by atoms with van der Waals surface area (Å²) in [6.07, 6.45) is 1.31. The van der Waals surface area contributed by atoms with Gasteiger partial charge in [-0.3, -0.25) is 4.79 Å². The molecule has 1 amide bonds. The van der Waals surface area contributed by atoms with Crippen LogP contribution in [0.4, 0.5) is 10.2 Å². The summed E-state index contributed by atoms with van der Waals surface area (Å²) >= 11 is 0. The second-order valence-electron chi connectivity index (χ2n) is 5.90. The number of aromatic nitrogens is 2. The van der Waals surface area contributed by atoms with Gasteiger partial charge < -0.3 is 10.6 Å². The van der Waals surface area contributed by atoms with Gasteiger partial charge in [-0.1, -0.05) is 48.0 Å². The van der Waals surface area contributed by atoms with E-state index in [0.29, 0.717) is 17.9 Å². The van der Waals surface area contributed by atoms with Gasteiger partial charge in [0.05, 0.1) is 0 Å². The molecule has 132 valence electrons. The van der Waals surface area contributed by atoms with Crippen LogP contribution in [-0.4, -0.2) is 15.9 Å². The van der Waals surface area contributed by atoms with Crippen LogP contribution in [0.5, 0.6) is 0 Å². The Morgan fingerprint density at radius 1 is 1.04 bits per heavy atom. The quantitative estimate of drug-likeness (QED) is 0.714. The van der Waals surface area contributed by atoms with Crippen molar-refractivity contribution in [3.8, 4) is 0 Å². The third kappa shape index (κ3) is 4.63. The average molecular weight is 350 g/mol. The number of nitrogens with zero attached hydrogens (tertiary/aromatic N) is 2. The van der Waals surface area contributed by atoms with Crippen molar-refractivity contribution in [1.29, 1.82) is 0 Å². The lowest BCUT2D eigenvalue weighted by atomic mass is 10.1. The molecule has 0 saturated heterocycles. The van der Waals surface area contributed by atoms with Gasteiger partial charge in [0.1, 0.15) is 23.7 Å². The fraction of sp³-hybridized carbons (Fsp3) is 0.150. The number of carbonyl (C=O) groups is 1. The molecular weight excluding hydrogens is 331 g/mol. The Balaban J connectivity index is 1.60. The maximum absolute atomic E-state index is 13.6. The number of benzene rings is 2. The number of hydrogen-bond acceptors (Lipinski definition) is 4. The highest BCUT2D eigenvalue weighted by molar-refractivity contribution is 5.92. The van der Waals surface area contributed by atoms with E-state index in [2.05, 4.69) is 20.6 Å². The Hall–Kier alpha value is -3.28. The molecule has 2 aromatic carbocycles. The highest BCUT2D eigenvalue weighted by atomic mass is 19.1. The smallest absolute Gasteiger partial charge is 0.270 e. The summed E-state index contributed by atoms with van der Waals surface area (Å²) in [5, 5.41) is 5.83. The predicted molar refractivity (Wildman–Crippen MR) is 98.1 cm³/mol. The fourth-order valence-corrected chi connectivity index (χ4v) is 2.38. The van der Waals surface area contributed by atoms with Crippen LogP contribution in [-0.2, 0) is 13.1 Å². The van der Waals surface area contributed by atoms with Crippen molar-refractivity contribution in [1.82, 2.24) is 15.3 Å². The molecule has 0 unspecified atom stereocenters. The minimum Gasteiger partial charge on any atom is -0.366 e. The number of nitrogens with one attached hydrogen (secondary N) is 2. The summed E-state index contributed by atoms with van der Waals surface area (Å²) in [6, 6.07) is 16.0. The van der Waals surface area contributed by atoms with Gasteiger partial charge in [0.2, 0.25) is 0 Å². The topological polar surface area (TPSA) is 66.9 Å². The van der Waals surface area contributed by atoms with Gasteiger partial charge in [0, 0.05) is 24.7 Å². The molecule has 26 heavy (non-hydrogen) atoms. The van der Waals surface area contributed by atoms with Crippen LogP contribution < -0.4 is 10.6 Å². The lowest BCUT2D eigenvalue weighted by Crippen LogP contribution is -2.24. The lowest BCUT2D eigenvalue weighted by Gasteiger charge is -2.08. The minimum absolute atomic E-state index is 0.253. The first-order chi connectivity index (χ1) is 12.6. The summed E-state index contributed by atoms with van der Waals surface area (Å²) in [5.74, 6) is -0.115. The molecular formula is C20H19FN4O. The van der Waals surface area contributed by atoms with Crippen LogP contribution in [0.3, 0.4) is 0 Å². The predicted octanol–water partition coefficient (Wildman–Crippen LogP) is 3.47. The molecule has 6 heteroatoms. The number of halogens is 1. The first kappa shape index (κ1) is 17.5. The number of hydrogen-bond donors (Lipinski definition) is 2. The minimum atomic E-state index is -0.290. The molecule has 0 bridgehead atoms. The maximum Gasteiger partial charge on any atom is 0.270 e. The van der Waals surface area contributed by atoms with E-state index in [1.54, 1.807) is 24.3 Å². The Kier molecular flexibility index (Phi) is 5.53. The zero-order valence-corrected chi connectivity index (χ0v) is 14.4. The SMILES string of the molecule is Cc1ccc(CNC(=O)c2cc(NCc3ccccc3F)ncn2)cc1. The summed E-state index contributed by atoms with van der Waals surface area (Å²) < 4.78 is 13.6. The molecule has 2 N–H and O–H groups in total. The van der Waals surface area contributed by atoms with Crippen molar-refractivity contribution < 1.29 is 9.18 Å². The molecule has 0 aliphatic rings. The van der Waals surface area contributed by atoms with Gasteiger partial charge in [-0.2, -0.15) is 0 Å². The van der Waals surface area contributed by atoms with E-state index >= 15 is 0 Å². The Labute approximate surface area is 151 Å². The molecule has 1 heterocycles. The first-order valence-electron chi connectivity index (χ1n) is 8.25. The van der Waals surface area contributed by atoms with E-state index in [0.717, 1.165) is 5.56 Å². The Morgan fingerprint density at radius 3 is 2.58 bits per heavy atom. The largest absolute Gasteiger partial charge is 0.366 e. The van der Waals surface area contributed by atoms with Crippen molar-refractivity contribution in [2.45, 2.75) is 20.0 Å². The zero-order valence-electron chi connectivity index (χ0n) is 14.4. The maximum atomic E-state index is 13.6. The van der Waals surface area contributed by atoms with Crippen LogP contribution in [0.15, 0.2) is 60.9 Å². The number of aryl methyl sites for hydroxylation is 1. The molecule has 5 nitrogen and oxygen atoms in total. The van der Waals surface area contributed by atoms with E-state index in [-0.39, 0.29) is 24.0 Å². The van der Waals surface area contributed by atoms with E-state index in [1.807, 2.05) is 31.2 Å². The van der Waals surface area contributed by atoms with Gasteiger partial charge in [0.25, 0.3) is 5.91 Å². The molecule has 0 saturated carbocycles. The highest BCUT2D eigenvalue weighted by Gasteiger charge is 2.09. The third-order valence-electron chi connectivity index (χ3n) is 3.89. The monoisotopic (exact) mass is 350 g/mol. The van der Waals surface area contributed by atoms with Gasteiger partial charge >= 0.3 is 0 Å². The number of rotatable bonds is 6. The lowest BCUT2D eigenvalue weighted by molar-refractivity contribution is 0.0946. The van der Waals surface area contributed by atoms with Crippen LogP contribution in [0.1, 0.15) is 27.2 Å². The van der Waals surface area contributed by atoms with Crippen molar-refractivity contribution in [2.24, 2.45) is 0 Å². The van der Waals surface area contributed by atoms with E-state index < -0.39 is 0 Å². The second-order valence-corrected chi connectivity index (χ2v) is 5.90. The molecule has 0 atom stereocenters. The van der Waals surface area contributed by atoms with Crippen molar-refractivity contribution in [3.63, 3.8) is 0 Å². The van der Waals surface area contributed by atoms with Crippen LogP contribution >= 0.6 is 0 Å². The number of anilines is 1. The first-order valence-corrected chi connectivity index (χ1v) is 8.25. The highest BCUT2D eigenvalue weighted by Crippen LogP contribution is 2.10. The normalized spacial score (nSPS) is 10.4. The summed E-state index contributed by atoms with van der Waals surface area (Å²) in [5.41, 5.74) is 2.96. The molecule has 0 spiro atoms. The van der Waals surface area contributed by atoms with Crippen LogP contribution in [0, 0.1) is 12.7 Å². The average Bonchev–Trinajstić information content (AvgIpc) is 2.67. The second kappa shape index (κ2) is 8.20. The molecule has 3 rings (SSSR count). The molecule has 0 fully saturated rings. The van der Waals surface area contributed by atoms with E-state index in [4.69, 9.17) is 0 Å². The van der Waals surface area contributed by atoms with Crippen LogP contribution in [0.2, 0.25) is 0 Å². The number of amides is 1. The molecule has 3 aromatic rings. The van der Waals surface area contributed by atoms with E-state index in [9.17, 15) is 9.18 Å². The molecule has 1 aromatic heterocycles. The van der Waals surface area contributed by atoms with Crippen LogP contribution in [0.25, 0.3) is 0 Å². The fourth-order valence-electron chi connectivity index (χ4n) is 2.38. The van der Waals surface area contributed by atoms with Crippen molar-refractivity contribution >= 4 is 11.7 Å². The third-order valence-corrected chi connectivity index (χ3v) is 3.89. The molecule has 0 radical (unpaired) electrons. The zero-order chi connectivity index (χ0) is 18.4. The number of carbonyl (C=O) groups excluding carboxylic acids is 1. The molecule has 0 aliphatic heterocycles. The Bertz CT molecular complexity index is 896. The van der Waals surface area contributed by atoms with Gasteiger partial charge in [-0.25, -0.2) is 14.4 Å².